The van der Waals surface area contributed by atoms with Gasteiger partial charge in [-0.2, -0.15) is 0 Å². The number of carbonyl (C=O) groups excluding carboxylic acids is 1. The second-order valence-corrected chi connectivity index (χ2v) is 6.72. The second-order valence-electron chi connectivity index (χ2n) is 6.72. The van der Waals surface area contributed by atoms with Gasteiger partial charge in [0.25, 0.3) is 0 Å². The largest absolute Gasteiger partial charge is 0.507 e. The molecule has 3 heterocycles. The summed E-state index contributed by atoms with van der Waals surface area (Å²) in [5.74, 6) is 1.26. The lowest BCUT2D eigenvalue weighted by Crippen LogP contribution is -2.49. The molecule has 30 heavy (non-hydrogen) atoms. The van der Waals surface area contributed by atoms with Crippen LogP contribution in [0.3, 0.4) is 0 Å². The number of carbonyl (C=O) groups is 1. The molecule has 1 saturated heterocycles. The Hall–Kier alpha value is -3.65. The molecule has 0 bridgehead atoms. The predicted octanol–water partition coefficient (Wildman–Crippen LogP) is 0.199. The van der Waals surface area contributed by atoms with Crippen LogP contribution >= 0.6 is 0 Å². The topological polar surface area (TPSA) is 153 Å². The van der Waals surface area contributed by atoms with Gasteiger partial charge in [-0.15, -0.1) is 6.42 Å². The molecule has 1 aliphatic rings. The SMILES string of the molecule is C#CC1(OC(=O)c2ccccc2O)C(O)C(CO)OC1n1ccc2c(N)ncnc21. The number of ether oxygens (including phenoxy) is 2. The highest BCUT2D eigenvalue weighted by atomic mass is 16.6. The van der Waals surface area contributed by atoms with Crippen molar-refractivity contribution in [2.24, 2.45) is 0 Å². The van der Waals surface area contributed by atoms with Gasteiger partial charge < -0.3 is 35.1 Å². The van der Waals surface area contributed by atoms with Crippen LogP contribution < -0.4 is 5.73 Å². The van der Waals surface area contributed by atoms with E-state index in [1.165, 1.54) is 35.2 Å². The molecule has 10 heteroatoms. The fourth-order valence-corrected chi connectivity index (χ4v) is 3.51. The number of para-hydroxylation sites is 1. The van der Waals surface area contributed by atoms with Gasteiger partial charge in [-0.1, -0.05) is 18.1 Å². The summed E-state index contributed by atoms with van der Waals surface area (Å²) in [4.78, 5) is 20.9. The van der Waals surface area contributed by atoms with Crippen molar-refractivity contribution < 1.29 is 29.6 Å². The molecular weight excluding hydrogens is 392 g/mol. The number of phenols is 1. The normalized spacial score (nSPS) is 25.8. The molecule has 4 unspecified atom stereocenters. The number of nitrogens with zero attached hydrogens (tertiary/aromatic N) is 3. The number of rotatable bonds is 4. The summed E-state index contributed by atoms with van der Waals surface area (Å²) in [5.41, 5.74) is 4.03. The molecule has 4 atom stereocenters. The second kappa shape index (κ2) is 7.31. The summed E-state index contributed by atoms with van der Waals surface area (Å²) in [7, 11) is 0. The van der Waals surface area contributed by atoms with Gasteiger partial charge in [-0.05, 0) is 18.2 Å². The lowest BCUT2D eigenvalue weighted by Gasteiger charge is -2.32. The zero-order valence-corrected chi connectivity index (χ0v) is 15.5. The first-order chi connectivity index (χ1) is 14.4. The van der Waals surface area contributed by atoms with E-state index in [9.17, 15) is 20.1 Å². The molecule has 0 spiro atoms. The summed E-state index contributed by atoms with van der Waals surface area (Å²) < 4.78 is 12.8. The maximum atomic E-state index is 12.8. The number of terminal acetylenes is 1. The van der Waals surface area contributed by atoms with Crippen molar-refractivity contribution in [1.29, 1.82) is 0 Å². The summed E-state index contributed by atoms with van der Waals surface area (Å²) in [6.45, 7) is -0.578. The number of anilines is 1. The van der Waals surface area contributed by atoms with Crippen molar-refractivity contribution in [2.45, 2.75) is 24.0 Å². The predicted molar refractivity (Wildman–Crippen MR) is 104 cm³/mol. The molecule has 1 aromatic carbocycles. The Morgan fingerprint density at radius 1 is 1.37 bits per heavy atom. The first-order valence-electron chi connectivity index (χ1n) is 8.93. The molecule has 3 aromatic rings. The standard InChI is InChI=1S/C20H18N4O6/c1-2-20(30-18(28)11-5-3-4-6-13(11)26)15(27)14(9-25)29-19(20)24-8-7-12-16(21)22-10-23-17(12)24/h1,3-8,10,14-15,19,25-27H,9H2,(H2,21,22,23). The molecule has 0 aliphatic carbocycles. The fourth-order valence-electron chi connectivity index (χ4n) is 3.51. The molecule has 2 aromatic heterocycles. The third-order valence-corrected chi connectivity index (χ3v) is 5.05. The van der Waals surface area contributed by atoms with Crippen molar-refractivity contribution in [1.82, 2.24) is 14.5 Å². The van der Waals surface area contributed by atoms with E-state index in [2.05, 4.69) is 15.9 Å². The fraction of sp³-hybridized carbons (Fsp3) is 0.250. The van der Waals surface area contributed by atoms with Crippen molar-refractivity contribution in [3.05, 3.63) is 48.4 Å². The zero-order valence-electron chi connectivity index (χ0n) is 15.5. The molecule has 0 saturated carbocycles. The number of esters is 1. The van der Waals surface area contributed by atoms with E-state index in [1.54, 1.807) is 12.3 Å². The molecule has 0 radical (unpaired) electrons. The monoisotopic (exact) mass is 410 g/mol. The molecule has 4 rings (SSSR count). The Bertz CT molecular complexity index is 1160. The number of fused-ring (bicyclic) bond motifs is 1. The van der Waals surface area contributed by atoms with Crippen LogP contribution in [0.25, 0.3) is 11.0 Å². The van der Waals surface area contributed by atoms with Crippen LogP contribution in [-0.4, -0.2) is 60.2 Å². The van der Waals surface area contributed by atoms with Gasteiger partial charge in [-0.25, -0.2) is 14.8 Å². The minimum absolute atomic E-state index is 0.144. The highest BCUT2D eigenvalue weighted by Gasteiger charge is 2.60. The third kappa shape index (κ3) is 2.84. The first kappa shape index (κ1) is 19.7. The van der Waals surface area contributed by atoms with Crippen LogP contribution in [-0.2, 0) is 9.47 Å². The number of nitrogens with two attached hydrogens (primary N) is 1. The Labute approximate surface area is 170 Å². The van der Waals surface area contributed by atoms with E-state index in [4.69, 9.17) is 21.6 Å². The van der Waals surface area contributed by atoms with Gasteiger partial charge in [-0.3, -0.25) is 0 Å². The molecule has 1 aliphatic heterocycles. The van der Waals surface area contributed by atoms with E-state index in [1.807, 2.05) is 0 Å². The summed E-state index contributed by atoms with van der Waals surface area (Å²) in [5, 5.41) is 30.9. The Morgan fingerprint density at radius 2 is 2.13 bits per heavy atom. The van der Waals surface area contributed by atoms with Crippen molar-refractivity contribution in [2.75, 3.05) is 12.3 Å². The number of phenolic OH excluding ortho intramolecular Hbond substituents is 1. The van der Waals surface area contributed by atoms with Gasteiger partial charge in [0.05, 0.1) is 12.0 Å². The van der Waals surface area contributed by atoms with Gasteiger partial charge in [0.15, 0.2) is 6.23 Å². The van der Waals surface area contributed by atoms with Gasteiger partial charge in [0, 0.05) is 6.20 Å². The number of aliphatic hydroxyl groups is 2. The number of aromatic hydroxyl groups is 1. The average Bonchev–Trinajstić information content (AvgIpc) is 3.29. The smallest absolute Gasteiger partial charge is 0.343 e. The minimum atomic E-state index is -2.03. The Balaban J connectivity index is 1.82. The van der Waals surface area contributed by atoms with Gasteiger partial charge in [0.1, 0.15) is 41.3 Å². The molecule has 0 amide bonds. The van der Waals surface area contributed by atoms with E-state index in [0.29, 0.717) is 11.0 Å². The summed E-state index contributed by atoms with van der Waals surface area (Å²) >= 11 is 0. The summed E-state index contributed by atoms with van der Waals surface area (Å²) in [6, 6.07) is 7.36. The quantitative estimate of drug-likeness (QED) is 0.349. The van der Waals surface area contributed by atoms with Crippen LogP contribution in [0.1, 0.15) is 16.6 Å². The lowest BCUT2D eigenvalue weighted by atomic mass is 9.94. The third-order valence-electron chi connectivity index (χ3n) is 5.05. The van der Waals surface area contributed by atoms with Crippen molar-refractivity contribution in [3.63, 3.8) is 0 Å². The maximum absolute atomic E-state index is 12.8. The van der Waals surface area contributed by atoms with Crippen LogP contribution in [0.4, 0.5) is 5.82 Å². The maximum Gasteiger partial charge on any atom is 0.343 e. The molecule has 1 fully saturated rings. The van der Waals surface area contributed by atoms with Crippen molar-refractivity contribution in [3.8, 4) is 18.1 Å². The number of hydrogen-bond acceptors (Lipinski definition) is 9. The Morgan fingerprint density at radius 3 is 2.83 bits per heavy atom. The average molecular weight is 410 g/mol. The first-order valence-corrected chi connectivity index (χ1v) is 8.93. The van der Waals surface area contributed by atoms with Gasteiger partial charge in [0.2, 0.25) is 5.60 Å². The number of aliphatic hydroxyl groups excluding tert-OH is 2. The van der Waals surface area contributed by atoms with Crippen molar-refractivity contribution >= 4 is 22.8 Å². The highest BCUT2D eigenvalue weighted by molar-refractivity contribution is 5.93. The van der Waals surface area contributed by atoms with E-state index in [0.717, 1.165) is 0 Å². The molecule has 154 valence electrons. The number of nitrogen functional groups attached to an aromatic ring is 1. The molecular formula is C20H18N4O6. The lowest BCUT2D eigenvalue weighted by molar-refractivity contribution is -0.0840. The van der Waals surface area contributed by atoms with Crippen LogP contribution in [0.5, 0.6) is 5.75 Å². The van der Waals surface area contributed by atoms with Crippen LogP contribution in [0.15, 0.2) is 42.9 Å². The number of benzene rings is 1. The Kier molecular flexibility index (Phi) is 4.79. The minimum Gasteiger partial charge on any atom is -0.507 e. The molecule has 10 nitrogen and oxygen atoms in total. The zero-order chi connectivity index (χ0) is 21.5. The summed E-state index contributed by atoms with van der Waals surface area (Å²) in [6.07, 6.45) is 4.58. The molecule has 5 N–H and O–H groups in total. The van der Waals surface area contributed by atoms with Gasteiger partial charge >= 0.3 is 5.97 Å². The van der Waals surface area contributed by atoms with E-state index < -0.39 is 36.6 Å². The number of aromatic nitrogens is 3. The van der Waals surface area contributed by atoms with E-state index >= 15 is 0 Å². The van der Waals surface area contributed by atoms with Crippen LogP contribution in [0.2, 0.25) is 0 Å². The highest BCUT2D eigenvalue weighted by Crippen LogP contribution is 2.43. The van der Waals surface area contributed by atoms with Crippen LogP contribution in [0, 0.1) is 12.3 Å². The number of hydrogen-bond donors (Lipinski definition) is 4. The van der Waals surface area contributed by atoms with E-state index in [-0.39, 0.29) is 17.1 Å².